The van der Waals surface area contributed by atoms with Gasteiger partial charge in [-0.05, 0) is 82.5 Å². The third-order valence-corrected chi connectivity index (χ3v) is 8.84. The summed E-state index contributed by atoms with van der Waals surface area (Å²) in [5, 5.41) is 3.14. The van der Waals surface area contributed by atoms with Crippen LogP contribution < -0.4 is 5.32 Å². The minimum Gasteiger partial charge on any atom is -0.462 e. The predicted octanol–water partition coefficient (Wildman–Crippen LogP) is 5.54. The number of carbonyl (C=O) groups excluding carboxylic acids is 2. The highest BCUT2D eigenvalue weighted by molar-refractivity contribution is 5.76. The third kappa shape index (κ3) is 3.44. The van der Waals surface area contributed by atoms with Gasteiger partial charge in [0, 0.05) is 24.5 Å². The Morgan fingerprint density at radius 2 is 1.73 bits per heavy atom. The van der Waals surface area contributed by atoms with Crippen molar-refractivity contribution >= 4 is 11.9 Å². The molecule has 2 saturated carbocycles. The fraction of sp³-hybridized carbons (Fsp3) is 0.769. The van der Waals surface area contributed by atoms with Crippen LogP contribution in [0.15, 0.2) is 23.4 Å². The number of rotatable bonds is 2. The summed E-state index contributed by atoms with van der Waals surface area (Å²) in [5.41, 5.74) is 2.58. The molecule has 1 unspecified atom stereocenters. The van der Waals surface area contributed by atoms with E-state index in [2.05, 4.69) is 31.3 Å². The third-order valence-electron chi connectivity index (χ3n) is 8.84. The lowest BCUT2D eigenvalue weighted by Crippen LogP contribution is -2.51. The van der Waals surface area contributed by atoms with Gasteiger partial charge >= 0.3 is 5.97 Å². The maximum atomic E-state index is 12.4. The van der Waals surface area contributed by atoms with E-state index in [1.165, 1.54) is 12.0 Å². The number of amides is 1. The lowest BCUT2D eigenvalue weighted by Gasteiger charge is -2.57. The first kappa shape index (κ1) is 21.6. The number of carbonyl (C=O) groups is 2. The zero-order valence-electron chi connectivity index (χ0n) is 19.6. The molecule has 0 aromatic carbocycles. The molecule has 6 atom stereocenters. The normalized spacial score (nSPS) is 40.3. The smallest absolute Gasteiger partial charge is 0.311 e. The number of hydrogen-bond acceptors (Lipinski definition) is 3. The molecular formula is C26H39NO3. The van der Waals surface area contributed by atoms with Gasteiger partial charge in [0.25, 0.3) is 0 Å². The van der Waals surface area contributed by atoms with Gasteiger partial charge in [0.2, 0.25) is 5.91 Å². The Kier molecular flexibility index (Phi) is 5.22. The largest absolute Gasteiger partial charge is 0.462 e. The molecule has 4 aliphatic rings. The number of hydrogen-bond donors (Lipinski definition) is 1. The molecule has 4 heteroatoms. The number of nitrogens with one attached hydrogen (secondary N) is 1. The average molecular weight is 414 g/mol. The molecule has 0 saturated heterocycles. The number of fused-ring (bicyclic) bond motifs is 5. The Bertz CT molecular complexity index is 804. The minimum atomic E-state index is -0.443. The summed E-state index contributed by atoms with van der Waals surface area (Å²) in [6, 6.07) is 0. The molecule has 1 N–H and O–H groups in total. The van der Waals surface area contributed by atoms with Gasteiger partial charge in [-0.15, -0.1) is 0 Å². The van der Waals surface area contributed by atoms with E-state index in [0.717, 1.165) is 44.2 Å². The van der Waals surface area contributed by atoms with E-state index in [1.54, 1.807) is 6.92 Å². The SMILES string of the molecule is CC(=O)NC1=CC[C@H]2C3CC=C4C[C@@H](OC(=O)C(C)(C)C)CC[C@]4(C)[C@H]3CC[C@]12C. The molecule has 0 spiro atoms. The van der Waals surface area contributed by atoms with Gasteiger partial charge in [-0.1, -0.05) is 31.6 Å². The van der Waals surface area contributed by atoms with E-state index >= 15 is 0 Å². The van der Waals surface area contributed by atoms with Crippen molar-refractivity contribution in [2.75, 3.05) is 0 Å². The molecule has 0 heterocycles. The lowest BCUT2D eigenvalue weighted by molar-refractivity contribution is -0.160. The first-order valence-electron chi connectivity index (χ1n) is 11.8. The molecule has 4 rings (SSSR count). The van der Waals surface area contributed by atoms with Crippen LogP contribution in [0.5, 0.6) is 0 Å². The van der Waals surface area contributed by atoms with Gasteiger partial charge < -0.3 is 10.1 Å². The molecule has 0 radical (unpaired) electrons. The topological polar surface area (TPSA) is 55.4 Å². The molecule has 30 heavy (non-hydrogen) atoms. The van der Waals surface area contributed by atoms with Gasteiger partial charge in [-0.25, -0.2) is 0 Å². The predicted molar refractivity (Wildman–Crippen MR) is 118 cm³/mol. The summed E-state index contributed by atoms with van der Waals surface area (Å²) in [7, 11) is 0. The Morgan fingerprint density at radius 1 is 1.03 bits per heavy atom. The summed E-state index contributed by atoms with van der Waals surface area (Å²) in [4.78, 5) is 24.1. The zero-order chi connectivity index (χ0) is 21.9. The molecule has 4 aliphatic carbocycles. The van der Waals surface area contributed by atoms with E-state index in [1.807, 2.05) is 20.8 Å². The molecule has 0 aromatic rings. The number of ether oxygens (including phenoxy) is 1. The van der Waals surface area contributed by atoms with Crippen molar-refractivity contribution in [3.8, 4) is 0 Å². The number of allylic oxidation sites excluding steroid dienone is 3. The standard InChI is InChI=1S/C26H39NO3/c1-16(28)27-22-10-9-20-19-8-7-17-15-18(30-23(29)24(2,3)4)11-13-25(17,5)21(19)12-14-26(20,22)6/h7,10,18-21H,8-9,11-15H2,1-6H3,(H,27,28)/t18-,19?,20-,21-,25-,26-/m0/s1. The van der Waals surface area contributed by atoms with Crippen LogP contribution in [0.4, 0.5) is 0 Å². The summed E-state index contributed by atoms with van der Waals surface area (Å²) < 4.78 is 5.89. The van der Waals surface area contributed by atoms with E-state index in [-0.39, 0.29) is 28.8 Å². The fourth-order valence-electron chi connectivity index (χ4n) is 7.01. The lowest BCUT2D eigenvalue weighted by atomic mass is 9.48. The van der Waals surface area contributed by atoms with Gasteiger partial charge in [-0.3, -0.25) is 9.59 Å². The van der Waals surface area contributed by atoms with Crippen LogP contribution in [0, 0.1) is 34.0 Å². The van der Waals surface area contributed by atoms with Crippen LogP contribution in [0.2, 0.25) is 0 Å². The average Bonchev–Trinajstić information content (AvgIpc) is 2.97. The second-order valence-electron chi connectivity index (χ2n) is 11.8. The van der Waals surface area contributed by atoms with Crippen molar-refractivity contribution in [3.63, 3.8) is 0 Å². The van der Waals surface area contributed by atoms with Crippen LogP contribution >= 0.6 is 0 Å². The monoisotopic (exact) mass is 413 g/mol. The van der Waals surface area contributed by atoms with Gasteiger partial charge in [0.15, 0.2) is 0 Å². The van der Waals surface area contributed by atoms with Gasteiger partial charge in [0.05, 0.1) is 5.41 Å². The highest BCUT2D eigenvalue weighted by atomic mass is 16.5. The van der Waals surface area contributed by atoms with E-state index in [4.69, 9.17) is 4.74 Å². The zero-order valence-corrected chi connectivity index (χ0v) is 19.6. The first-order valence-corrected chi connectivity index (χ1v) is 11.8. The Labute approximate surface area is 181 Å². The molecule has 1 amide bonds. The maximum absolute atomic E-state index is 12.4. The van der Waals surface area contributed by atoms with E-state index in [0.29, 0.717) is 17.8 Å². The van der Waals surface area contributed by atoms with Crippen molar-refractivity contribution in [1.29, 1.82) is 0 Å². The van der Waals surface area contributed by atoms with Gasteiger partial charge in [0.1, 0.15) is 6.10 Å². The van der Waals surface area contributed by atoms with Crippen molar-refractivity contribution in [2.45, 2.75) is 92.6 Å². The summed E-state index contributed by atoms with van der Waals surface area (Å²) in [5.74, 6) is 1.95. The molecule has 0 aromatic heterocycles. The Balaban J connectivity index is 1.51. The van der Waals surface area contributed by atoms with Crippen LogP contribution in [0.3, 0.4) is 0 Å². The van der Waals surface area contributed by atoms with Crippen molar-refractivity contribution in [1.82, 2.24) is 5.32 Å². The van der Waals surface area contributed by atoms with Crippen molar-refractivity contribution < 1.29 is 14.3 Å². The van der Waals surface area contributed by atoms with Crippen LogP contribution in [0.1, 0.15) is 86.5 Å². The second kappa shape index (κ2) is 7.24. The Morgan fingerprint density at radius 3 is 2.40 bits per heavy atom. The van der Waals surface area contributed by atoms with Crippen LogP contribution in [-0.2, 0) is 14.3 Å². The van der Waals surface area contributed by atoms with Crippen molar-refractivity contribution in [3.05, 3.63) is 23.4 Å². The minimum absolute atomic E-state index is 0.0287. The molecule has 4 nitrogen and oxygen atoms in total. The second-order valence-corrected chi connectivity index (χ2v) is 11.8. The quantitative estimate of drug-likeness (QED) is 0.478. The van der Waals surface area contributed by atoms with Gasteiger partial charge in [-0.2, -0.15) is 0 Å². The fourth-order valence-corrected chi connectivity index (χ4v) is 7.01. The first-order chi connectivity index (χ1) is 13.9. The number of esters is 1. The van der Waals surface area contributed by atoms with Crippen LogP contribution in [-0.4, -0.2) is 18.0 Å². The Hall–Kier alpha value is -1.58. The molecular weight excluding hydrogens is 374 g/mol. The van der Waals surface area contributed by atoms with E-state index < -0.39 is 5.41 Å². The summed E-state index contributed by atoms with van der Waals surface area (Å²) >= 11 is 0. The van der Waals surface area contributed by atoms with Crippen LogP contribution in [0.25, 0.3) is 0 Å². The summed E-state index contributed by atoms with van der Waals surface area (Å²) in [6.45, 7) is 12.2. The summed E-state index contributed by atoms with van der Waals surface area (Å²) in [6.07, 6.45) is 12.4. The maximum Gasteiger partial charge on any atom is 0.311 e. The molecule has 0 bridgehead atoms. The highest BCUT2D eigenvalue weighted by Crippen LogP contribution is 2.64. The van der Waals surface area contributed by atoms with Crippen molar-refractivity contribution in [2.24, 2.45) is 34.0 Å². The molecule has 0 aliphatic heterocycles. The molecule has 166 valence electrons. The van der Waals surface area contributed by atoms with E-state index in [9.17, 15) is 9.59 Å². The highest BCUT2D eigenvalue weighted by Gasteiger charge is 2.57. The molecule has 2 fully saturated rings.